The molecule has 1 fully saturated rings. The molecule has 6 nitrogen and oxygen atoms in total. The van der Waals surface area contributed by atoms with Gasteiger partial charge in [0.25, 0.3) is 0 Å². The molecule has 0 aromatic heterocycles. The smallest absolute Gasteiger partial charge is 0.191 e. The van der Waals surface area contributed by atoms with E-state index in [1.807, 2.05) is 25.1 Å². The molecule has 0 radical (unpaired) electrons. The van der Waals surface area contributed by atoms with Crippen molar-refractivity contribution in [1.82, 2.24) is 15.5 Å². The molecule has 1 aromatic rings. The Morgan fingerprint density at radius 2 is 2.04 bits per heavy atom. The minimum atomic E-state index is 0. The van der Waals surface area contributed by atoms with Crippen LogP contribution in [0.25, 0.3) is 0 Å². The minimum Gasteiger partial charge on any atom is -0.494 e. The standard InChI is InChI=1S/C19H32N4O2.HI/c1-4-20-19(21-14-16(3)23-9-11-24-12-10-23)22-15-17-7-6-8-18(13-17)25-5-2;/h6-8,13,16H,4-5,9-12,14-15H2,1-3H3,(H2,20,21,22);1H. The number of rotatable bonds is 8. The summed E-state index contributed by atoms with van der Waals surface area (Å²) >= 11 is 0. The second-order valence-electron chi connectivity index (χ2n) is 6.15. The number of nitrogens with zero attached hydrogens (tertiary/aromatic N) is 2. The van der Waals surface area contributed by atoms with Gasteiger partial charge in [0, 0.05) is 32.2 Å². The Hall–Kier alpha value is -1.06. The number of hydrogen-bond donors (Lipinski definition) is 2. The molecule has 0 aliphatic carbocycles. The van der Waals surface area contributed by atoms with Gasteiger partial charge in [0.1, 0.15) is 5.75 Å². The van der Waals surface area contributed by atoms with Gasteiger partial charge in [-0.3, -0.25) is 4.90 Å². The number of morpholine rings is 1. The van der Waals surface area contributed by atoms with Gasteiger partial charge < -0.3 is 20.1 Å². The molecule has 0 amide bonds. The van der Waals surface area contributed by atoms with Crippen LogP contribution in [0.5, 0.6) is 5.75 Å². The summed E-state index contributed by atoms with van der Waals surface area (Å²) in [5.74, 6) is 1.75. The first-order valence-corrected chi connectivity index (χ1v) is 9.28. The summed E-state index contributed by atoms with van der Waals surface area (Å²) < 4.78 is 11.0. The van der Waals surface area contributed by atoms with Crippen LogP contribution in [0.2, 0.25) is 0 Å². The molecular weight excluding hydrogens is 443 g/mol. The summed E-state index contributed by atoms with van der Waals surface area (Å²) in [6, 6.07) is 8.56. The van der Waals surface area contributed by atoms with Crippen molar-refractivity contribution in [2.75, 3.05) is 46.0 Å². The molecule has 2 rings (SSSR count). The highest BCUT2D eigenvalue weighted by Crippen LogP contribution is 2.13. The topological polar surface area (TPSA) is 58.1 Å². The zero-order chi connectivity index (χ0) is 17.9. The van der Waals surface area contributed by atoms with E-state index >= 15 is 0 Å². The van der Waals surface area contributed by atoms with Crippen molar-refractivity contribution in [1.29, 1.82) is 0 Å². The van der Waals surface area contributed by atoms with Gasteiger partial charge in [-0.1, -0.05) is 12.1 Å². The molecule has 0 saturated carbocycles. The SMILES string of the molecule is CCNC(=NCc1cccc(OCC)c1)NCC(C)N1CCOCC1.I. The molecule has 1 aromatic carbocycles. The molecule has 1 saturated heterocycles. The lowest BCUT2D eigenvalue weighted by Gasteiger charge is -2.32. The van der Waals surface area contributed by atoms with E-state index in [4.69, 9.17) is 14.5 Å². The van der Waals surface area contributed by atoms with Crippen LogP contribution in [0.15, 0.2) is 29.3 Å². The summed E-state index contributed by atoms with van der Waals surface area (Å²) in [5, 5.41) is 6.77. The largest absolute Gasteiger partial charge is 0.494 e. The first-order valence-electron chi connectivity index (χ1n) is 9.28. The van der Waals surface area contributed by atoms with Gasteiger partial charge in [-0.05, 0) is 38.5 Å². The van der Waals surface area contributed by atoms with Gasteiger partial charge in [-0.25, -0.2) is 4.99 Å². The number of nitrogens with one attached hydrogen (secondary N) is 2. The third kappa shape index (κ3) is 8.09. The van der Waals surface area contributed by atoms with Gasteiger partial charge in [0.15, 0.2) is 5.96 Å². The van der Waals surface area contributed by atoms with Crippen molar-refractivity contribution in [3.8, 4) is 5.75 Å². The summed E-state index contributed by atoms with van der Waals surface area (Å²) in [4.78, 5) is 7.15. The van der Waals surface area contributed by atoms with Gasteiger partial charge in [-0.15, -0.1) is 24.0 Å². The average Bonchev–Trinajstić information content (AvgIpc) is 2.65. The average molecular weight is 476 g/mol. The van der Waals surface area contributed by atoms with Crippen molar-refractivity contribution < 1.29 is 9.47 Å². The lowest BCUT2D eigenvalue weighted by Crippen LogP contribution is -2.49. The Bertz CT molecular complexity index is 536. The maximum atomic E-state index is 5.55. The van der Waals surface area contributed by atoms with E-state index in [0.717, 1.165) is 56.7 Å². The molecule has 7 heteroatoms. The fourth-order valence-electron chi connectivity index (χ4n) is 2.80. The summed E-state index contributed by atoms with van der Waals surface area (Å²) in [6.07, 6.45) is 0. The molecule has 26 heavy (non-hydrogen) atoms. The van der Waals surface area contributed by atoms with Crippen LogP contribution >= 0.6 is 24.0 Å². The highest BCUT2D eigenvalue weighted by atomic mass is 127. The predicted octanol–water partition coefficient (Wildman–Crippen LogP) is 2.48. The number of ether oxygens (including phenoxy) is 2. The molecule has 1 aliphatic heterocycles. The van der Waals surface area contributed by atoms with E-state index < -0.39 is 0 Å². The number of benzene rings is 1. The molecular formula is C19H33IN4O2. The van der Waals surface area contributed by atoms with Crippen molar-refractivity contribution in [3.05, 3.63) is 29.8 Å². The van der Waals surface area contributed by atoms with E-state index in [2.05, 4.69) is 35.4 Å². The zero-order valence-corrected chi connectivity index (χ0v) is 18.5. The summed E-state index contributed by atoms with van der Waals surface area (Å²) in [7, 11) is 0. The molecule has 1 heterocycles. The Morgan fingerprint density at radius 1 is 1.27 bits per heavy atom. The van der Waals surface area contributed by atoms with Crippen LogP contribution < -0.4 is 15.4 Å². The van der Waals surface area contributed by atoms with Crippen LogP contribution in [0.4, 0.5) is 0 Å². The van der Waals surface area contributed by atoms with E-state index in [0.29, 0.717) is 19.2 Å². The minimum absolute atomic E-state index is 0. The van der Waals surface area contributed by atoms with Crippen molar-refractivity contribution in [2.45, 2.75) is 33.4 Å². The van der Waals surface area contributed by atoms with Crippen molar-refractivity contribution in [2.24, 2.45) is 4.99 Å². The van der Waals surface area contributed by atoms with Gasteiger partial charge in [0.05, 0.1) is 26.4 Å². The van der Waals surface area contributed by atoms with Crippen LogP contribution in [-0.4, -0.2) is 62.9 Å². The first-order chi connectivity index (χ1) is 12.2. The fraction of sp³-hybridized carbons (Fsp3) is 0.632. The quantitative estimate of drug-likeness (QED) is 0.343. The summed E-state index contributed by atoms with van der Waals surface area (Å²) in [6.45, 7) is 13.0. The molecule has 1 unspecified atom stereocenters. The Kier molecular flexibility index (Phi) is 11.6. The Labute approximate surface area is 174 Å². The monoisotopic (exact) mass is 476 g/mol. The third-order valence-electron chi connectivity index (χ3n) is 4.21. The zero-order valence-electron chi connectivity index (χ0n) is 16.2. The second-order valence-corrected chi connectivity index (χ2v) is 6.15. The van der Waals surface area contributed by atoms with E-state index in [9.17, 15) is 0 Å². The normalized spacial score (nSPS) is 16.5. The van der Waals surface area contributed by atoms with Crippen LogP contribution in [0, 0.1) is 0 Å². The summed E-state index contributed by atoms with van der Waals surface area (Å²) in [5.41, 5.74) is 1.14. The molecule has 0 bridgehead atoms. The Balaban J connectivity index is 0.00000338. The van der Waals surface area contributed by atoms with Crippen LogP contribution in [0.3, 0.4) is 0 Å². The molecule has 148 valence electrons. The lowest BCUT2D eigenvalue weighted by molar-refractivity contribution is 0.0211. The number of aliphatic imine (C=N–C) groups is 1. The van der Waals surface area contributed by atoms with Crippen LogP contribution in [-0.2, 0) is 11.3 Å². The number of guanidine groups is 1. The van der Waals surface area contributed by atoms with E-state index in [1.54, 1.807) is 0 Å². The first kappa shape index (κ1) is 23.0. The molecule has 2 N–H and O–H groups in total. The van der Waals surface area contributed by atoms with Crippen LogP contribution in [0.1, 0.15) is 26.3 Å². The fourth-order valence-corrected chi connectivity index (χ4v) is 2.80. The van der Waals surface area contributed by atoms with Gasteiger partial charge >= 0.3 is 0 Å². The second kappa shape index (κ2) is 13.2. The highest BCUT2D eigenvalue weighted by Gasteiger charge is 2.16. The third-order valence-corrected chi connectivity index (χ3v) is 4.21. The van der Waals surface area contributed by atoms with E-state index in [-0.39, 0.29) is 24.0 Å². The molecule has 1 atom stereocenters. The molecule has 0 spiro atoms. The number of halogens is 1. The lowest BCUT2D eigenvalue weighted by atomic mass is 10.2. The van der Waals surface area contributed by atoms with E-state index in [1.165, 1.54) is 0 Å². The molecule has 1 aliphatic rings. The van der Waals surface area contributed by atoms with Gasteiger partial charge in [-0.2, -0.15) is 0 Å². The van der Waals surface area contributed by atoms with Crippen molar-refractivity contribution in [3.63, 3.8) is 0 Å². The predicted molar refractivity (Wildman–Crippen MR) is 118 cm³/mol. The maximum Gasteiger partial charge on any atom is 0.191 e. The number of hydrogen-bond acceptors (Lipinski definition) is 4. The highest BCUT2D eigenvalue weighted by molar-refractivity contribution is 14.0. The maximum absolute atomic E-state index is 5.55. The van der Waals surface area contributed by atoms with Crippen molar-refractivity contribution >= 4 is 29.9 Å². The van der Waals surface area contributed by atoms with Gasteiger partial charge in [0.2, 0.25) is 0 Å². The Morgan fingerprint density at radius 3 is 2.73 bits per heavy atom.